The number of carbonyl (C=O) groups excluding carboxylic acids is 1. The van der Waals surface area contributed by atoms with Crippen LogP contribution in [0.15, 0.2) is 43.0 Å². The first-order valence-corrected chi connectivity index (χ1v) is 10.5. The Morgan fingerprint density at radius 2 is 2.06 bits per heavy atom. The van der Waals surface area contributed by atoms with Crippen molar-refractivity contribution >= 4 is 17.4 Å². The van der Waals surface area contributed by atoms with Gasteiger partial charge in [0.15, 0.2) is 0 Å². The van der Waals surface area contributed by atoms with Crippen molar-refractivity contribution in [3.63, 3.8) is 0 Å². The Morgan fingerprint density at radius 1 is 1.23 bits per heavy atom. The first kappa shape index (κ1) is 21.0. The molecule has 4 rings (SSSR count). The Balaban J connectivity index is 1.70. The summed E-state index contributed by atoms with van der Waals surface area (Å²) < 4.78 is 7.01. The largest absolute Gasteiger partial charge is 0.383 e. The van der Waals surface area contributed by atoms with Crippen LogP contribution in [0.4, 0.5) is 11.5 Å². The molecule has 1 aliphatic heterocycles. The van der Waals surface area contributed by atoms with E-state index in [9.17, 15) is 4.79 Å². The molecule has 0 spiro atoms. The van der Waals surface area contributed by atoms with E-state index in [1.165, 1.54) is 0 Å². The highest BCUT2D eigenvalue weighted by molar-refractivity contribution is 5.94. The number of nitrogens with one attached hydrogen (secondary N) is 1. The molecule has 2 unspecified atom stereocenters. The van der Waals surface area contributed by atoms with Gasteiger partial charge in [-0.3, -0.25) is 14.5 Å². The smallest absolute Gasteiger partial charge is 0.224 e. The predicted octanol–water partition coefficient (Wildman–Crippen LogP) is 3.59. The molecule has 1 amide bonds. The number of aryl methyl sites for hydroxylation is 1. The lowest BCUT2D eigenvalue weighted by Gasteiger charge is -2.39. The number of anilines is 2. The molecule has 2 aromatic heterocycles. The molecule has 0 saturated heterocycles. The molecule has 162 valence electrons. The number of nitrogens with zero attached hydrogens (tertiary/aromatic N) is 5. The molecule has 1 aliphatic rings. The lowest BCUT2D eigenvalue weighted by molar-refractivity contribution is -0.117. The van der Waals surface area contributed by atoms with Crippen molar-refractivity contribution in [1.29, 1.82) is 0 Å². The molecule has 3 heterocycles. The SMILES string of the molecule is COCCn1cc(-c2ccc3c(c2)C(Nc2cnc(C)cn2)CC(C)N3C(C)=O)cn1. The molecule has 3 aromatic rings. The zero-order valence-corrected chi connectivity index (χ0v) is 18.4. The van der Waals surface area contributed by atoms with Gasteiger partial charge >= 0.3 is 0 Å². The molecule has 8 nitrogen and oxygen atoms in total. The molecule has 0 bridgehead atoms. The van der Waals surface area contributed by atoms with Gasteiger partial charge in [-0.05, 0) is 43.5 Å². The molecule has 1 N–H and O–H groups in total. The number of benzene rings is 1. The second kappa shape index (κ2) is 8.85. The molecule has 31 heavy (non-hydrogen) atoms. The third kappa shape index (κ3) is 4.44. The molecule has 0 saturated carbocycles. The molecule has 8 heteroatoms. The molecule has 0 radical (unpaired) electrons. The van der Waals surface area contributed by atoms with E-state index >= 15 is 0 Å². The van der Waals surface area contributed by atoms with Gasteiger partial charge in [0.05, 0.1) is 43.5 Å². The zero-order chi connectivity index (χ0) is 22.0. The Hall–Kier alpha value is -3.26. The molecule has 1 aromatic carbocycles. The normalized spacial score (nSPS) is 18.0. The summed E-state index contributed by atoms with van der Waals surface area (Å²) in [5.41, 5.74) is 4.96. The van der Waals surface area contributed by atoms with E-state index < -0.39 is 0 Å². The summed E-state index contributed by atoms with van der Waals surface area (Å²) in [5, 5.41) is 7.95. The van der Waals surface area contributed by atoms with Crippen LogP contribution in [0, 0.1) is 6.92 Å². The third-order valence-corrected chi connectivity index (χ3v) is 5.61. The van der Waals surface area contributed by atoms with Gasteiger partial charge in [-0.25, -0.2) is 4.98 Å². The highest BCUT2D eigenvalue weighted by Crippen LogP contribution is 2.40. The van der Waals surface area contributed by atoms with Crippen LogP contribution >= 0.6 is 0 Å². The molecule has 0 aliphatic carbocycles. The average molecular weight is 421 g/mol. The van der Waals surface area contributed by atoms with Crippen LogP contribution < -0.4 is 10.2 Å². The van der Waals surface area contributed by atoms with E-state index in [1.807, 2.05) is 41.0 Å². The van der Waals surface area contributed by atoms with Gasteiger partial charge in [-0.1, -0.05) is 6.07 Å². The molecular formula is C23H28N6O2. The number of methoxy groups -OCH3 is 1. The topological polar surface area (TPSA) is 85.2 Å². The summed E-state index contributed by atoms with van der Waals surface area (Å²) in [6.07, 6.45) is 8.16. The van der Waals surface area contributed by atoms with Crippen LogP contribution in [0.3, 0.4) is 0 Å². The first-order chi connectivity index (χ1) is 15.0. The average Bonchev–Trinajstić information content (AvgIpc) is 3.22. The Kier molecular flexibility index (Phi) is 5.99. The first-order valence-electron chi connectivity index (χ1n) is 10.5. The summed E-state index contributed by atoms with van der Waals surface area (Å²) in [7, 11) is 1.68. The minimum Gasteiger partial charge on any atom is -0.383 e. The number of hydrogen-bond acceptors (Lipinski definition) is 6. The van der Waals surface area contributed by atoms with Crippen LogP contribution in [-0.2, 0) is 16.1 Å². The fourth-order valence-corrected chi connectivity index (χ4v) is 4.13. The van der Waals surface area contributed by atoms with Gasteiger partial charge in [0.2, 0.25) is 5.91 Å². The zero-order valence-electron chi connectivity index (χ0n) is 18.4. The number of rotatable bonds is 6. The summed E-state index contributed by atoms with van der Waals surface area (Å²) in [4.78, 5) is 23.1. The lowest BCUT2D eigenvalue weighted by atomic mass is 9.89. The second-order valence-electron chi connectivity index (χ2n) is 7.97. The van der Waals surface area contributed by atoms with Gasteiger partial charge in [0.1, 0.15) is 5.82 Å². The quantitative estimate of drug-likeness (QED) is 0.656. The molecule has 2 atom stereocenters. The second-order valence-corrected chi connectivity index (χ2v) is 7.97. The minimum atomic E-state index is 0.0149. The van der Waals surface area contributed by atoms with Crippen molar-refractivity contribution < 1.29 is 9.53 Å². The Bertz CT molecular complexity index is 1060. The van der Waals surface area contributed by atoms with Crippen molar-refractivity contribution in [3.8, 4) is 11.1 Å². The van der Waals surface area contributed by atoms with Gasteiger partial charge in [0, 0.05) is 37.5 Å². The van der Waals surface area contributed by atoms with Crippen LogP contribution in [0.25, 0.3) is 11.1 Å². The van der Waals surface area contributed by atoms with Gasteiger partial charge in [-0.15, -0.1) is 0 Å². The maximum Gasteiger partial charge on any atom is 0.224 e. The summed E-state index contributed by atoms with van der Waals surface area (Å²) >= 11 is 0. The van der Waals surface area contributed by atoms with E-state index in [0.29, 0.717) is 13.2 Å². The van der Waals surface area contributed by atoms with Crippen molar-refractivity contribution in [3.05, 3.63) is 54.2 Å². The highest BCUT2D eigenvalue weighted by Gasteiger charge is 2.33. The summed E-state index contributed by atoms with van der Waals surface area (Å²) in [5.74, 6) is 0.769. The molecule has 0 fully saturated rings. The van der Waals surface area contributed by atoms with Crippen LogP contribution in [-0.4, -0.2) is 45.4 Å². The standard InChI is InChI=1S/C23H28N6O2/c1-15-11-25-23(13-24-15)27-21-9-16(2)29(17(3)30)22-6-5-18(10-20(21)22)19-12-26-28(14-19)7-8-31-4/h5-6,10-14,16,21H,7-9H2,1-4H3,(H,25,27). The monoisotopic (exact) mass is 420 g/mol. The number of aromatic nitrogens is 4. The number of amides is 1. The number of fused-ring (bicyclic) bond motifs is 1. The number of carbonyl (C=O) groups is 1. The summed E-state index contributed by atoms with van der Waals surface area (Å²) in [6.45, 7) is 6.92. The van der Waals surface area contributed by atoms with Gasteiger partial charge in [-0.2, -0.15) is 5.10 Å². The van der Waals surface area contributed by atoms with Crippen molar-refractivity contribution in [2.24, 2.45) is 0 Å². The van der Waals surface area contributed by atoms with Crippen LogP contribution in [0.5, 0.6) is 0 Å². The van der Waals surface area contributed by atoms with Gasteiger partial charge in [0.25, 0.3) is 0 Å². The van der Waals surface area contributed by atoms with E-state index in [1.54, 1.807) is 26.4 Å². The number of ether oxygens (including phenoxy) is 1. The van der Waals surface area contributed by atoms with Crippen molar-refractivity contribution in [2.45, 2.75) is 45.8 Å². The van der Waals surface area contributed by atoms with Crippen molar-refractivity contribution in [1.82, 2.24) is 19.7 Å². The van der Waals surface area contributed by atoms with Crippen molar-refractivity contribution in [2.75, 3.05) is 23.9 Å². The van der Waals surface area contributed by atoms with E-state index in [2.05, 4.69) is 33.4 Å². The Labute approximate surface area is 182 Å². The van der Waals surface area contributed by atoms with Crippen LogP contribution in [0.1, 0.15) is 37.6 Å². The molecular weight excluding hydrogens is 392 g/mol. The predicted molar refractivity (Wildman–Crippen MR) is 120 cm³/mol. The minimum absolute atomic E-state index is 0.0149. The third-order valence-electron chi connectivity index (χ3n) is 5.61. The maximum absolute atomic E-state index is 12.4. The van der Waals surface area contributed by atoms with E-state index in [0.717, 1.165) is 40.3 Å². The fourth-order valence-electron chi connectivity index (χ4n) is 4.13. The highest BCUT2D eigenvalue weighted by atomic mass is 16.5. The van der Waals surface area contributed by atoms with E-state index in [4.69, 9.17) is 4.74 Å². The van der Waals surface area contributed by atoms with E-state index in [-0.39, 0.29) is 18.0 Å². The number of hydrogen-bond donors (Lipinski definition) is 1. The lowest BCUT2D eigenvalue weighted by Crippen LogP contribution is -2.43. The van der Waals surface area contributed by atoms with Gasteiger partial charge < -0.3 is 15.0 Å². The summed E-state index contributed by atoms with van der Waals surface area (Å²) in [6, 6.07) is 6.31. The Morgan fingerprint density at radius 3 is 2.77 bits per heavy atom. The maximum atomic E-state index is 12.4. The fraction of sp³-hybridized carbons (Fsp3) is 0.391. The van der Waals surface area contributed by atoms with Crippen LogP contribution in [0.2, 0.25) is 0 Å².